The van der Waals surface area contributed by atoms with E-state index in [4.69, 9.17) is 11.6 Å². The molecule has 1 aromatic heterocycles. The van der Waals surface area contributed by atoms with Crippen molar-refractivity contribution in [3.05, 3.63) is 47.5 Å². The lowest BCUT2D eigenvalue weighted by atomic mass is 10.1. The van der Waals surface area contributed by atoms with Gasteiger partial charge in [-0.1, -0.05) is 23.7 Å². The van der Waals surface area contributed by atoms with Gasteiger partial charge in [0.05, 0.1) is 6.54 Å². The minimum atomic E-state index is 0.00929. The molecular weight excluding hydrogens is 276 g/mol. The summed E-state index contributed by atoms with van der Waals surface area (Å²) < 4.78 is 1.64. The van der Waals surface area contributed by atoms with Gasteiger partial charge in [0.1, 0.15) is 12.7 Å². The van der Waals surface area contributed by atoms with Crippen molar-refractivity contribution in [3.8, 4) is 0 Å². The lowest BCUT2D eigenvalue weighted by Gasteiger charge is -2.14. The summed E-state index contributed by atoms with van der Waals surface area (Å²) >= 11 is 5.94. The number of halogens is 1. The first-order valence-corrected chi connectivity index (χ1v) is 6.87. The molecule has 1 heterocycles. The van der Waals surface area contributed by atoms with Gasteiger partial charge < -0.3 is 5.32 Å². The highest BCUT2D eigenvalue weighted by molar-refractivity contribution is 6.30. The van der Waals surface area contributed by atoms with Gasteiger partial charge in [0.15, 0.2) is 0 Å². The zero-order valence-corrected chi connectivity index (χ0v) is 12.0. The minimum Gasteiger partial charge on any atom is -0.353 e. The first kappa shape index (κ1) is 14.5. The molecule has 20 heavy (non-hydrogen) atoms. The number of aryl methyl sites for hydroxylation is 1. The molecule has 0 radical (unpaired) electrons. The zero-order chi connectivity index (χ0) is 14.4. The van der Waals surface area contributed by atoms with Crippen molar-refractivity contribution >= 4 is 17.5 Å². The molecule has 0 aliphatic carbocycles. The molecule has 1 aromatic carbocycles. The number of benzene rings is 1. The fraction of sp³-hybridized carbons (Fsp3) is 0.357. The molecule has 0 aliphatic rings. The third kappa shape index (κ3) is 4.66. The third-order valence-electron chi connectivity index (χ3n) is 2.87. The molecule has 0 saturated carbocycles. The number of nitrogens with zero attached hydrogens (tertiary/aromatic N) is 3. The normalized spacial score (nSPS) is 12.1. The van der Waals surface area contributed by atoms with Crippen LogP contribution < -0.4 is 5.32 Å². The van der Waals surface area contributed by atoms with E-state index in [0.29, 0.717) is 18.0 Å². The van der Waals surface area contributed by atoms with Gasteiger partial charge in [0, 0.05) is 17.5 Å². The Morgan fingerprint density at radius 3 is 3.05 bits per heavy atom. The van der Waals surface area contributed by atoms with Gasteiger partial charge in [-0.2, -0.15) is 5.10 Å². The Bertz CT molecular complexity index is 556. The standard InChI is InChI=1S/C14H17ClN4O/c1-11(7-12-3-2-4-13(15)8-12)18-14(20)5-6-19-10-16-9-17-19/h2-4,8-11H,5-7H2,1H3,(H,18,20)/t11-/m0/s1. The van der Waals surface area contributed by atoms with Crippen molar-refractivity contribution < 1.29 is 4.79 Å². The Balaban J connectivity index is 1.76. The average Bonchev–Trinajstić information content (AvgIpc) is 2.89. The van der Waals surface area contributed by atoms with Crippen molar-refractivity contribution in [2.75, 3.05) is 0 Å². The molecule has 1 atom stereocenters. The second-order valence-corrected chi connectivity index (χ2v) is 5.15. The summed E-state index contributed by atoms with van der Waals surface area (Å²) in [7, 11) is 0. The van der Waals surface area contributed by atoms with Crippen LogP contribution in [-0.2, 0) is 17.8 Å². The number of rotatable bonds is 6. The number of nitrogens with one attached hydrogen (secondary N) is 1. The van der Waals surface area contributed by atoms with Gasteiger partial charge in [0.25, 0.3) is 0 Å². The van der Waals surface area contributed by atoms with Gasteiger partial charge in [-0.15, -0.1) is 0 Å². The number of carbonyl (C=O) groups excluding carboxylic acids is 1. The predicted octanol–water partition coefficient (Wildman–Crippen LogP) is 2.07. The number of amides is 1. The fourth-order valence-corrected chi connectivity index (χ4v) is 2.19. The number of carbonyl (C=O) groups is 1. The van der Waals surface area contributed by atoms with Crippen LogP contribution in [0.4, 0.5) is 0 Å². The van der Waals surface area contributed by atoms with E-state index < -0.39 is 0 Å². The zero-order valence-electron chi connectivity index (χ0n) is 11.3. The van der Waals surface area contributed by atoms with Gasteiger partial charge in [0.2, 0.25) is 5.91 Å². The average molecular weight is 293 g/mol. The van der Waals surface area contributed by atoms with Crippen LogP contribution in [0.15, 0.2) is 36.9 Å². The lowest BCUT2D eigenvalue weighted by Crippen LogP contribution is -2.34. The highest BCUT2D eigenvalue weighted by atomic mass is 35.5. The molecule has 0 bridgehead atoms. The van der Waals surface area contributed by atoms with E-state index in [1.165, 1.54) is 6.33 Å². The Morgan fingerprint density at radius 1 is 1.50 bits per heavy atom. The van der Waals surface area contributed by atoms with Crippen LogP contribution in [0.2, 0.25) is 5.02 Å². The summed E-state index contributed by atoms with van der Waals surface area (Å²) in [6.45, 7) is 2.52. The molecule has 0 fully saturated rings. The molecule has 0 aliphatic heterocycles. The summed E-state index contributed by atoms with van der Waals surface area (Å²) in [6, 6.07) is 7.74. The fourth-order valence-electron chi connectivity index (χ4n) is 1.98. The van der Waals surface area contributed by atoms with Gasteiger partial charge >= 0.3 is 0 Å². The summed E-state index contributed by atoms with van der Waals surface area (Å²) in [6.07, 6.45) is 4.21. The molecule has 1 amide bonds. The summed E-state index contributed by atoms with van der Waals surface area (Å²) in [5.41, 5.74) is 1.11. The molecule has 106 valence electrons. The molecule has 2 rings (SSSR count). The SMILES string of the molecule is C[C@@H](Cc1cccc(Cl)c1)NC(=O)CCn1cncn1. The van der Waals surface area contributed by atoms with Crippen LogP contribution in [-0.4, -0.2) is 26.7 Å². The first-order valence-electron chi connectivity index (χ1n) is 6.49. The van der Waals surface area contributed by atoms with E-state index in [-0.39, 0.29) is 11.9 Å². The van der Waals surface area contributed by atoms with Crippen LogP contribution in [0.1, 0.15) is 18.9 Å². The Morgan fingerprint density at radius 2 is 2.35 bits per heavy atom. The summed E-state index contributed by atoms with van der Waals surface area (Å²) in [5.74, 6) is 0.00929. The minimum absolute atomic E-state index is 0.00929. The monoisotopic (exact) mass is 292 g/mol. The summed E-state index contributed by atoms with van der Waals surface area (Å²) in [5, 5.41) is 7.64. The third-order valence-corrected chi connectivity index (χ3v) is 3.11. The van der Waals surface area contributed by atoms with Crippen molar-refractivity contribution in [1.29, 1.82) is 0 Å². The predicted molar refractivity (Wildman–Crippen MR) is 77.4 cm³/mol. The maximum Gasteiger partial charge on any atom is 0.222 e. The number of aromatic nitrogens is 3. The maximum atomic E-state index is 11.8. The lowest BCUT2D eigenvalue weighted by molar-refractivity contribution is -0.121. The Kier molecular flexibility index (Phi) is 5.12. The molecule has 0 saturated heterocycles. The molecule has 2 aromatic rings. The van der Waals surface area contributed by atoms with Gasteiger partial charge in [-0.25, -0.2) is 4.98 Å². The molecule has 0 spiro atoms. The van der Waals surface area contributed by atoms with E-state index in [1.807, 2.05) is 31.2 Å². The van der Waals surface area contributed by atoms with Crippen LogP contribution in [0.5, 0.6) is 0 Å². The molecule has 0 unspecified atom stereocenters. The first-order chi connectivity index (χ1) is 9.63. The van der Waals surface area contributed by atoms with E-state index in [9.17, 15) is 4.79 Å². The van der Waals surface area contributed by atoms with Crippen LogP contribution >= 0.6 is 11.6 Å². The van der Waals surface area contributed by atoms with E-state index in [2.05, 4.69) is 15.4 Å². The topological polar surface area (TPSA) is 59.8 Å². The van der Waals surface area contributed by atoms with E-state index in [0.717, 1.165) is 12.0 Å². The van der Waals surface area contributed by atoms with E-state index in [1.54, 1.807) is 11.0 Å². The quantitative estimate of drug-likeness (QED) is 0.886. The second kappa shape index (κ2) is 7.05. The van der Waals surface area contributed by atoms with Gasteiger partial charge in [-0.3, -0.25) is 9.48 Å². The van der Waals surface area contributed by atoms with Crippen molar-refractivity contribution in [2.45, 2.75) is 32.4 Å². The van der Waals surface area contributed by atoms with E-state index >= 15 is 0 Å². The second-order valence-electron chi connectivity index (χ2n) is 4.71. The molecule has 6 heteroatoms. The number of hydrogen-bond acceptors (Lipinski definition) is 3. The molecule has 1 N–H and O–H groups in total. The highest BCUT2D eigenvalue weighted by Crippen LogP contribution is 2.12. The van der Waals surface area contributed by atoms with Gasteiger partial charge in [-0.05, 0) is 31.0 Å². The van der Waals surface area contributed by atoms with Crippen LogP contribution in [0, 0.1) is 0 Å². The maximum absolute atomic E-state index is 11.8. The molecular formula is C14H17ClN4O. The van der Waals surface area contributed by atoms with Crippen molar-refractivity contribution in [2.24, 2.45) is 0 Å². The summed E-state index contributed by atoms with van der Waals surface area (Å²) in [4.78, 5) is 15.6. The van der Waals surface area contributed by atoms with Crippen molar-refractivity contribution in [3.63, 3.8) is 0 Å². The smallest absolute Gasteiger partial charge is 0.222 e. The molecule has 5 nitrogen and oxygen atoms in total. The van der Waals surface area contributed by atoms with Crippen LogP contribution in [0.3, 0.4) is 0 Å². The largest absolute Gasteiger partial charge is 0.353 e. The highest BCUT2D eigenvalue weighted by Gasteiger charge is 2.08. The number of hydrogen-bond donors (Lipinski definition) is 1. The van der Waals surface area contributed by atoms with Crippen LogP contribution in [0.25, 0.3) is 0 Å². The Hall–Kier alpha value is -1.88. The van der Waals surface area contributed by atoms with Crippen molar-refractivity contribution in [1.82, 2.24) is 20.1 Å². The Labute approximate surface area is 123 Å².